The van der Waals surface area contributed by atoms with Gasteiger partial charge in [0, 0.05) is 17.6 Å². The van der Waals surface area contributed by atoms with Gasteiger partial charge < -0.3 is 14.3 Å². The third-order valence-corrected chi connectivity index (χ3v) is 4.47. The van der Waals surface area contributed by atoms with E-state index in [1.807, 2.05) is 25.1 Å². The van der Waals surface area contributed by atoms with E-state index in [2.05, 4.69) is 5.16 Å². The Morgan fingerprint density at radius 2 is 2.04 bits per heavy atom. The average Bonchev–Trinajstić information content (AvgIpc) is 2.96. The molecule has 0 saturated carbocycles. The van der Waals surface area contributed by atoms with Gasteiger partial charge in [-0.05, 0) is 25.5 Å². The molecule has 7 heteroatoms. The van der Waals surface area contributed by atoms with E-state index in [4.69, 9.17) is 16.1 Å². The van der Waals surface area contributed by atoms with Gasteiger partial charge in [-0.2, -0.15) is 0 Å². The fourth-order valence-corrected chi connectivity index (χ4v) is 2.99. The highest BCUT2D eigenvalue weighted by atomic mass is 35.5. The van der Waals surface area contributed by atoms with Crippen molar-refractivity contribution in [1.82, 2.24) is 15.0 Å². The second-order valence-electron chi connectivity index (χ2n) is 5.92. The maximum Gasteiger partial charge on any atom is 0.245 e. The summed E-state index contributed by atoms with van der Waals surface area (Å²) in [5.74, 6) is 0.342. The Bertz CT molecular complexity index is 774. The Labute approximate surface area is 145 Å². The van der Waals surface area contributed by atoms with Gasteiger partial charge in [0.15, 0.2) is 5.76 Å². The lowest BCUT2D eigenvalue weighted by Crippen LogP contribution is -2.57. The van der Waals surface area contributed by atoms with Gasteiger partial charge in [0.1, 0.15) is 12.6 Å². The molecule has 1 aliphatic heterocycles. The summed E-state index contributed by atoms with van der Waals surface area (Å²) < 4.78 is 5.15. The Kier molecular flexibility index (Phi) is 4.57. The van der Waals surface area contributed by atoms with Crippen molar-refractivity contribution in [3.8, 4) is 0 Å². The summed E-state index contributed by atoms with van der Waals surface area (Å²) in [5, 5.41) is 4.40. The Balaban J connectivity index is 1.73. The van der Waals surface area contributed by atoms with Crippen molar-refractivity contribution < 1.29 is 14.1 Å². The number of piperazine rings is 1. The Morgan fingerprint density at radius 1 is 1.29 bits per heavy atom. The number of carbonyl (C=O) groups excluding carboxylic acids is 2. The number of hydrogen-bond acceptors (Lipinski definition) is 4. The van der Waals surface area contributed by atoms with E-state index in [0.29, 0.717) is 17.3 Å². The zero-order chi connectivity index (χ0) is 17.3. The minimum absolute atomic E-state index is 0.0293. The van der Waals surface area contributed by atoms with Crippen molar-refractivity contribution in [2.24, 2.45) is 0 Å². The van der Waals surface area contributed by atoms with Crippen LogP contribution in [0, 0.1) is 6.92 Å². The van der Waals surface area contributed by atoms with Gasteiger partial charge >= 0.3 is 0 Å². The van der Waals surface area contributed by atoms with Crippen LogP contribution in [0.1, 0.15) is 23.9 Å². The Hall–Kier alpha value is -2.34. The number of aryl methyl sites for hydroxylation is 1. The fourth-order valence-electron chi connectivity index (χ4n) is 2.80. The van der Waals surface area contributed by atoms with Crippen LogP contribution in [-0.4, -0.2) is 39.4 Å². The first kappa shape index (κ1) is 16.5. The predicted octanol–water partition coefficient (Wildman–Crippen LogP) is 2.40. The van der Waals surface area contributed by atoms with Crippen LogP contribution in [0.4, 0.5) is 0 Å². The van der Waals surface area contributed by atoms with Crippen LogP contribution in [0.2, 0.25) is 5.02 Å². The quantitative estimate of drug-likeness (QED) is 0.851. The van der Waals surface area contributed by atoms with E-state index in [9.17, 15) is 9.59 Å². The largest absolute Gasteiger partial charge is 0.359 e. The molecule has 1 aliphatic rings. The normalized spacial score (nSPS) is 18.4. The number of aromatic nitrogens is 1. The smallest absolute Gasteiger partial charge is 0.245 e. The number of benzene rings is 1. The summed E-state index contributed by atoms with van der Waals surface area (Å²) in [6.07, 6.45) is 0. The third kappa shape index (κ3) is 3.28. The molecule has 3 rings (SSSR count). The molecule has 1 saturated heterocycles. The summed E-state index contributed by atoms with van der Waals surface area (Å²) in [6, 6.07) is 8.53. The van der Waals surface area contributed by atoms with Gasteiger partial charge in [-0.25, -0.2) is 0 Å². The summed E-state index contributed by atoms with van der Waals surface area (Å²) in [6.45, 7) is 4.13. The highest BCUT2D eigenvalue weighted by Crippen LogP contribution is 2.22. The van der Waals surface area contributed by atoms with Crippen molar-refractivity contribution in [2.45, 2.75) is 33.0 Å². The molecule has 0 radical (unpaired) electrons. The Morgan fingerprint density at radius 3 is 2.71 bits per heavy atom. The van der Waals surface area contributed by atoms with Crippen LogP contribution in [0.15, 0.2) is 34.9 Å². The molecule has 0 bridgehead atoms. The molecule has 2 heterocycles. The molecule has 1 aromatic carbocycles. The number of carbonyl (C=O) groups is 2. The lowest BCUT2D eigenvalue weighted by atomic mass is 10.1. The molecule has 1 fully saturated rings. The van der Waals surface area contributed by atoms with Gasteiger partial charge in [0.25, 0.3) is 0 Å². The van der Waals surface area contributed by atoms with Crippen LogP contribution in [0.5, 0.6) is 0 Å². The standard InChI is InChI=1S/C17H18ClN3O3/c1-11-7-14(24-19-11)9-21-12(2)17(23)20(10-16(21)22)8-13-5-3-4-6-15(13)18/h3-7,12H,8-10H2,1-2H3/t12-/m0/s1. The summed E-state index contributed by atoms with van der Waals surface area (Å²) >= 11 is 6.15. The lowest BCUT2D eigenvalue weighted by Gasteiger charge is -2.38. The zero-order valence-electron chi connectivity index (χ0n) is 13.5. The zero-order valence-corrected chi connectivity index (χ0v) is 14.3. The maximum absolute atomic E-state index is 12.6. The van der Waals surface area contributed by atoms with Gasteiger partial charge in [0.05, 0.1) is 12.2 Å². The molecule has 126 valence electrons. The molecule has 24 heavy (non-hydrogen) atoms. The van der Waals surface area contributed by atoms with Gasteiger partial charge in [0.2, 0.25) is 11.8 Å². The third-order valence-electron chi connectivity index (χ3n) is 4.11. The SMILES string of the molecule is Cc1cc(CN2C(=O)CN(Cc3ccccc3Cl)C(=O)[C@@H]2C)on1. The first-order chi connectivity index (χ1) is 11.5. The number of halogens is 1. The maximum atomic E-state index is 12.6. The van der Waals surface area contributed by atoms with E-state index < -0.39 is 6.04 Å². The molecule has 6 nitrogen and oxygen atoms in total. The topological polar surface area (TPSA) is 66.7 Å². The molecule has 0 spiro atoms. The monoisotopic (exact) mass is 347 g/mol. The number of amides is 2. The van der Waals surface area contributed by atoms with E-state index in [1.165, 1.54) is 9.80 Å². The van der Waals surface area contributed by atoms with Gasteiger partial charge in [-0.15, -0.1) is 0 Å². The van der Waals surface area contributed by atoms with Crippen LogP contribution in [0.3, 0.4) is 0 Å². The average molecular weight is 348 g/mol. The predicted molar refractivity (Wildman–Crippen MR) is 88.1 cm³/mol. The first-order valence-electron chi connectivity index (χ1n) is 7.69. The van der Waals surface area contributed by atoms with Crippen molar-refractivity contribution in [2.75, 3.05) is 6.54 Å². The number of hydrogen-bond donors (Lipinski definition) is 0. The second kappa shape index (κ2) is 6.65. The van der Waals surface area contributed by atoms with Crippen molar-refractivity contribution >= 4 is 23.4 Å². The summed E-state index contributed by atoms with van der Waals surface area (Å²) in [5.41, 5.74) is 1.57. The fraction of sp³-hybridized carbons (Fsp3) is 0.353. The first-order valence-corrected chi connectivity index (χ1v) is 8.07. The molecule has 1 aromatic heterocycles. The highest BCUT2D eigenvalue weighted by molar-refractivity contribution is 6.31. The highest BCUT2D eigenvalue weighted by Gasteiger charge is 2.37. The van der Waals surface area contributed by atoms with Crippen molar-refractivity contribution in [1.29, 1.82) is 0 Å². The molecule has 0 aliphatic carbocycles. The van der Waals surface area contributed by atoms with E-state index in [-0.39, 0.29) is 24.9 Å². The minimum atomic E-state index is -0.556. The van der Waals surface area contributed by atoms with Crippen LogP contribution in [0.25, 0.3) is 0 Å². The van der Waals surface area contributed by atoms with Crippen molar-refractivity contribution in [3.63, 3.8) is 0 Å². The van der Waals surface area contributed by atoms with Crippen LogP contribution < -0.4 is 0 Å². The van der Waals surface area contributed by atoms with E-state index in [0.717, 1.165) is 11.3 Å². The molecular formula is C17H18ClN3O3. The number of rotatable bonds is 4. The van der Waals surface area contributed by atoms with E-state index >= 15 is 0 Å². The molecule has 0 unspecified atom stereocenters. The van der Waals surface area contributed by atoms with Crippen LogP contribution >= 0.6 is 11.6 Å². The molecule has 0 N–H and O–H groups in total. The van der Waals surface area contributed by atoms with Crippen molar-refractivity contribution in [3.05, 3.63) is 52.4 Å². The lowest BCUT2D eigenvalue weighted by molar-refractivity contribution is -0.156. The molecule has 2 amide bonds. The minimum Gasteiger partial charge on any atom is -0.359 e. The van der Waals surface area contributed by atoms with E-state index in [1.54, 1.807) is 19.1 Å². The molecule has 1 atom stereocenters. The summed E-state index contributed by atoms with van der Waals surface area (Å²) in [7, 11) is 0. The van der Waals surface area contributed by atoms with Gasteiger partial charge in [-0.3, -0.25) is 9.59 Å². The van der Waals surface area contributed by atoms with Crippen LogP contribution in [-0.2, 0) is 22.7 Å². The number of nitrogens with zero attached hydrogens (tertiary/aromatic N) is 3. The second-order valence-corrected chi connectivity index (χ2v) is 6.33. The van der Waals surface area contributed by atoms with Gasteiger partial charge in [-0.1, -0.05) is 35.0 Å². The molecular weight excluding hydrogens is 330 g/mol. The molecule has 2 aromatic rings. The summed E-state index contributed by atoms with van der Waals surface area (Å²) in [4.78, 5) is 28.2.